The average Bonchev–Trinajstić information content (AvgIpc) is 2.38. The quantitative estimate of drug-likeness (QED) is 0.635. The predicted octanol–water partition coefficient (Wildman–Crippen LogP) is 1.81. The number of non-ortho nitro benzene ring substituents is 1. The SMILES string of the molecule is CC(C)[C@@H](CC#N)NS(=O)(=O)c1ccc([N+](=O)[O-])cc1. The normalized spacial score (nSPS) is 12.9. The number of benzene rings is 1. The van der Waals surface area contributed by atoms with Crippen molar-refractivity contribution in [2.75, 3.05) is 0 Å². The minimum absolute atomic E-state index is 0.0394. The zero-order valence-electron chi connectivity index (χ0n) is 11.1. The molecular weight excluding hydrogens is 282 g/mol. The van der Waals surface area contributed by atoms with Gasteiger partial charge in [0.2, 0.25) is 10.0 Å². The monoisotopic (exact) mass is 297 g/mol. The second kappa shape index (κ2) is 6.45. The Morgan fingerprint density at radius 1 is 1.35 bits per heavy atom. The molecule has 0 radical (unpaired) electrons. The van der Waals surface area contributed by atoms with Crippen molar-refractivity contribution in [1.82, 2.24) is 4.72 Å². The Morgan fingerprint density at radius 2 is 1.90 bits per heavy atom. The van der Waals surface area contributed by atoms with Crippen LogP contribution < -0.4 is 4.72 Å². The number of hydrogen-bond donors (Lipinski definition) is 1. The highest BCUT2D eigenvalue weighted by Crippen LogP contribution is 2.17. The van der Waals surface area contributed by atoms with Gasteiger partial charge in [0.1, 0.15) is 0 Å². The summed E-state index contributed by atoms with van der Waals surface area (Å²) in [5, 5.41) is 19.2. The van der Waals surface area contributed by atoms with Gasteiger partial charge in [0.15, 0.2) is 0 Å². The molecule has 0 aromatic heterocycles. The Kier molecular flexibility index (Phi) is 5.19. The molecule has 8 heteroatoms. The molecule has 0 aliphatic heterocycles. The van der Waals surface area contributed by atoms with Crippen LogP contribution in [0.2, 0.25) is 0 Å². The highest BCUT2D eigenvalue weighted by atomic mass is 32.2. The lowest BCUT2D eigenvalue weighted by Crippen LogP contribution is -2.38. The van der Waals surface area contributed by atoms with Crippen LogP contribution in [-0.2, 0) is 10.0 Å². The fraction of sp³-hybridized carbons (Fsp3) is 0.417. The molecule has 108 valence electrons. The van der Waals surface area contributed by atoms with E-state index in [4.69, 9.17) is 5.26 Å². The molecule has 1 aromatic carbocycles. The summed E-state index contributed by atoms with van der Waals surface area (Å²) in [6, 6.07) is 6.03. The largest absolute Gasteiger partial charge is 0.269 e. The van der Waals surface area contributed by atoms with E-state index in [2.05, 4.69) is 4.72 Å². The maximum atomic E-state index is 12.1. The lowest BCUT2D eigenvalue weighted by Gasteiger charge is -2.19. The van der Waals surface area contributed by atoms with Gasteiger partial charge in [-0.3, -0.25) is 10.1 Å². The maximum absolute atomic E-state index is 12.1. The van der Waals surface area contributed by atoms with Crippen molar-refractivity contribution in [3.8, 4) is 6.07 Å². The van der Waals surface area contributed by atoms with E-state index in [1.807, 2.05) is 6.07 Å². The molecule has 0 unspecified atom stereocenters. The average molecular weight is 297 g/mol. The highest BCUT2D eigenvalue weighted by molar-refractivity contribution is 7.89. The molecule has 0 amide bonds. The maximum Gasteiger partial charge on any atom is 0.269 e. The zero-order valence-corrected chi connectivity index (χ0v) is 11.9. The molecule has 0 bridgehead atoms. The molecule has 1 aromatic rings. The van der Waals surface area contributed by atoms with Gasteiger partial charge in [-0.25, -0.2) is 13.1 Å². The standard InChI is InChI=1S/C12H15N3O4S/c1-9(2)12(7-8-13)14-20(18,19)11-5-3-10(4-6-11)15(16)17/h3-6,9,12,14H,7H2,1-2H3/t12-/m1/s1. The molecule has 20 heavy (non-hydrogen) atoms. The third-order valence-corrected chi connectivity index (χ3v) is 4.29. The molecule has 1 atom stereocenters. The van der Waals surface area contributed by atoms with Crippen molar-refractivity contribution < 1.29 is 13.3 Å². The van der Waals surface area contributed by atoms with Crippen LogP contribution in [0.15, 0.2) is 29.2 Å². The fourth-order valence-corrected chi connectivity index (χ4v) is 2.91. The van der Waals surface area contributed by atoms with Crippen LogP contribution >= 0.6 is 0 Å². The predicted molar refractivity (Wildman–Crippen MR) is 72.3 cm³/mol. The number of nitriles is 1. The van der Waals surface area contributed by atoms with E-state index in [-0.39, 0.29) is 22.9 Å². The molecule has 0 saturated heterocycles. The molecule has 0 spiro atoms. The summed E-state index contributed by atoms with van der Waals surface area (Å²) in [4.78, 5) is 9.85. The van der Waals surface area contributed by atoms with E-state index in [1.54, 1.807) is 13.8 Å². The van der Waals surface area contributed by atoms with Gasteiger partial charge in [0, 0.05) is 18.2 Å². The van der Waals surface area contributed by atoms with Gasteiger partial charge in [0.25, 0.3) is 5.69 Å². The van der Waals surface area contributed by atoms with E-state index in [0.29, 0.717) is 0 Å². The van der Waals surface area contributed by atoms with Crippen molar-refractivity contribution >= 4 is 15.7 Å². The van der Waals surface area contributed by atoms with Crippen molar-refractivity contribution in [2.45, 2.75) is 31.2 Å². The molecule has 1 rings (SSSR count). The van der Waals surface area contributed by atoms with Crippen LogP contribution in [0, 0.1) is 27.4 Å². The van der Waals surface area contributed by atoms with Crippen molar-refractivity contribution in [3.63, 3.8) is 0 Å². The van der Waals surface area contributed by atoms with Gasteiger partial charge in [-0.1, -0.05) is 13.8 Å². The second-order valence-electron chi connectivity index (χ2n) is 4.59. The minimum Gasteiger partial charge on any atom is -0.258 e. The van der Waals surface area contributed by atoms with Crippen molar-refractivity contribution in [3.05, 3.63) is 34.4 Å². The van der Waals surface area contributed by atoms with Crippen LogP contribution in [-0.4, -0.2) is 19.4 Å². The molecule has 0 heterocycles. The van der Waals surface area contributed by atoms with Gasteiger partial charge in [0.05, 0.1) is 22.3 Å². The van der Waals surface area contributed by atoms with Crippen molar-refractivity contribution in [2.24, 2.45) is 5.92 Å². The van der Waals surface area contributed by atoms with E-state index in [9.17, 15) is 18.5 Å². The van der Waals surface area contributed by atoms with Gasteiger partial charge >= 0.3 is 0 Å². The van der Waals surface area contributed by atoms with E-state index >= 15 is 0 Å². The summed E-state index contributed by atoms with van der Waals surface area (Å²) in [6.07, 6.45) is 0.0594. The number of nitrogens with zero attached hydrogens (tertiary/aromatic N) is 2. The number of nitro groups is 1. The Hall–Kier alpha value is -1.98. The summed E-state index contributed by atoms with van der Waals surface area (Å²) < 4.78 is 26.7. The summed E-state index contributed by atoms with van der Waals surface area (Å²) in [5.41, 5.74) is -0.179. The Balaban J connectivity index is 2.98. The van der Waals surface area contributed by atoms with Crippen LogP contribution in [0.5, 0.6) is 0 Å². The van der Waals surface area contributed by atoms with Gasteiger partial charge in [-0.05, 0) is 18.1 Å². The first-order valence-corrected chi connectivity index (χ1v) is 7.40. The molecule has 0 saturated carbocycles. The Labute approximate surface area is 117 Å². The fourth-order valence-electron chi connectivity index (χ4n) is 1.53. The second-order valence-corrected chi connectivity index (χ2v) is 6.30. The van der Waals surface area contributed by atoms with Crippen LogP contribution in [0.1, 0.15) is 20.3 Å². The molecule has 1 N–H and O–H groups in total. The number of rotatable bonds is 6. The van der Waals surface area contributed by atoms with E-state index < -0.39 is 21.0 Å². The highest BCUT2D eigenvalue weighted by Gasteiger charge is 2.22. The lowest BCUT2D eigenvalue weighted by atomic mass is 10.0. The van der Waals surface area contributed by atoms with Crippen LogP contribution in [0.3, 0.4) is 0 Å². The van der Waals surface area contributed by atoms with Gasteiger partial charge < -0.3 is 0 Å². The summed E-state index contributed by atoms with van der Waals surface area (Å²) in [6.45, 7) is 3.61. The first kappa shape index (κ1) is 16.1. The lowest BCUT2D eigenvalue weighted by molar-refractivity contribution is -0.384. The summed E-state index contributed by atoms with van der Waals surface area (Å²) in [7, 11) is -3.79. The first-order chi connectivity index (χ1) is 9.27. The number of hydrogen-bond acceptors (Lipinski definition) is 5. The molecule has 7 nitrogen and oxygen atoms in total. The van der Waals surface area contributed by atoms with Gasteiger partial charge in [-0.2, -0.15) is 5.26 Å². The number of sulfonamides is 1. The zero-order chi connectivity index (χ0) is 15.3. The van der Waals surface area contributed by atoms with E-state index in [0.717, 1.165) is 12.1 Å². The molecule has 0 aliphatic carbocycles. The van der Waals surface area contributed by atoms with E-state index in [1.165, 1.54) is 12.1 Å². The molecular formula is C12H15N3O4S. The Morgan fingerprint density at radius 3 is 2.30 bits per heavy atom. The number of nitro benzene ring substituents is 1. The molecule has 0 fully saturated rings. The van der Waals surface area contributed by atoms with Crippen LogP contribution in [0.25, 0.3) is 0 Å². The van der Waals surface area contributed by atoms with Crippen molar-refractivity contribution in [1.29, 1.82) is 5.26 Å². The summed E-state index contributed by atoms with van der Waals surface area (Å²) >= 11 is 0. The molecule has 0 aliphatic rings. The summed E-state index contributed by atoms with van der Waals surface area (Å²) in [5.74, 6) is -0.0394. The third kappa shape index (κ3) is 4.01. The first-order valence-electron chi connectivity index (χ1n) is 5.91. The topological polar surface area (TPSA) is 113 Å². The third-order valence-electron chi connectivity index (χ3n) is 2.78. The number of nitrogens with one attached hydrogen (secondary N) is 1. The van der Waals surface area contributed by atoms with Gasteiger partial charge in [-0.15, -0.1) is 0 Å². The smallest absolute Gasteiger partial charge is 0.258 e. The van der Waals surface area contributed by atoms with Crippen LogP contribution in [0.4, 0.5) is 5.69 Å². The minimum atomic E-state index is -3.79. The Bertz CT molecular complexity index is 617.